The summed E-state index contributed by atoms with van der Waals surface area (Å²) in [5.41, 5.74) is 3.46. The van der Waals surface area contributed by atoms with Crippen molar-refractivity contribution in [3.8, 4) is 11.4 Å². The number of carbonyl (C=O) groups is 2. The van der Waals surface area contributed by atoms with Gasteiger partial charge in [0, 0.05) is 54.6 Å². The van der Waals surface area contributed by atoms with Crippen molar-refractivity contribution in [1.29, 1.82) is 0 Å². The molecule has 2 heterocycles. The molecule has 5 rings (SSSR count). The molecule has 1 aliphatic heterocycles. The number of carbonyl (C=O) groups excluding carboxylic acids is 2. The number of piperazine rings is 1. The van der Waals surface area contributed by atoms with Gasteiger partial charge in [0.15, 0.2) is 11.6 Å². The van der Waals surface area contributed by atoms with Crippen LogP contribution in [0.1, 0.15) is 41.9 Å². The second-order valence-electron chi connectivity index (χ2n) is 8.40. The largest absolute Gasteiger partial charge is 0.368 e. The van der Waals surface area contributed by atoms with Crippen molar-refractivity contribution < 1.29 is 9.59 Å². The lowest BCUT2D eigenvalue weighted by molar-refractivity contribution is 0.101. The molecule has 0 atom stereocenters. The van der Waals surface area contributed by atoms with E-state index in [2.05, 4.69) is 25.4 Å². The van der Waals surface area contributed by atoms with Crippen LogP contribution in [-0.4, -0.2) is 58.1 Å². The van der Waals surface area contributed by atoms with Crippen molar-refractivity contribution in [3.05, 3.63) is 59.9 Å². The number of nitrogens with zero attached hydrogens (tertiary/aromatic N) is 4. The van der Waals surface area contributed by atoms with Crippen molar-refractivity contribution in [2.45, 2.75) is 25.7 Å². The zero-order valence-corrected chi connectivity index (χ0v) is 18.0. The Labute approximate surface area is 186 Å². The van der Waals surface area contributed by atoms with Crippen LogP contribution in [0, 0.1) is 0 Å². The molecule has 2 amide bonds. The van der Waals surface area contributed by atoms with Crippen LogP contribution in [0.5, 0.6) is 0 Å². The minimum Gasteiger partial charge on any atom is -0.368 e. The first kappa shape index (κ1) is 20.2. The van der Waals surface area contributed by atoms with Crippen molar-refractivity contribution >= 4 is 23.2 Å². The van der Waals surface area contributed by atoms with Crippen LogP contribution in [0.3, 0.4) is 0 Å². The molecule has 1 aromatic heterocycles. The van der Waals surface area contributed by atoms with Gasteiger partial charge in [0.2, 0.25) is 0 Å². The number of Topliss-reactive ketones (excluding diaryl/α,β-unsaturated/α-hetero) is 1. The van der Waals surface area contributed by atoms with Gasteiger partial charge in [-0.2, -0.15) is 5.10 Å². The number of hydrogen-bond acceptors (Lipinski definition) is 5. The first-order chi connectivity index (χ1) is 15.6. The van der Waals surface area contributed by atoms with E-state index in [0.717, 1.165) is 35.9 Å². The number of aromatic nitrogens is 3. The van der Waals surface area contributed by atoms with Crippen molar-refractivity contribution in [1.82, 2.24) is 20.1 Å². The molecule has 0 bridgehead atoms. The first-order valence-corrected chi connectivity index (χ1v) is 11.0. The summed E-state index contributed by atoms with van der Waals surface area (Å²) < 4.78 is 0. The highest BCUT2D eigenvalue weighted by molar-refractivity contribution is 5.94. The molecule has 1 saturated heterocycles. The van der Waals surface area contributed by atoms with Crippen LogP contribution in [0.2, 0.25) is 0 Å². The Bertz CT molecular complexity index is 1110. The highest BCUT2D eigenvalue weighted by atomic mass is 16.2. The Kier molecular flexibility index (Phi) is 5.34. The molecule has 1 saturated carbocycles. The molecule has 8 nitrogen and oxygen atoms in total. The molecule has 164 valence electrons. The summed E-state index contributed by atoms with van der Waals surface area (Å²) in [6.07, 6.45) is 2.36. The van der Waals surface area contributed by atoms with Gasteiger partial charge >= 0.3 is 6.03 Å². The normalized spacial score (nSPS) is 16.2. The minimum atomic E-state index is -0.0989. The van der Waals surface area contributed by atoms with Crippen LogP contribution in [0.25, 0.3) is 11.4 Å². The Morgan fingerprint density at radius 1 is 0.969 bits per heavy atom. The second kappa shape index (κ2) is 8.45. The lowest BCUT2D eigenvalue weighted by atomic mass is 10.1. The second-order valence-corrected chi connectivity index (χ2v) is 8.40. The fraction of sp³-hybridized carbons (Fsp3) is 0.333. The summed E-state index contributed by atoms with van der Waals surface area (Å²) in [6.45, 7) is 4.35. The van der Waals surface area contributed by atoms with E-state index in [1.54, 1.807) is 6.92 Å². The van der Waals surface area contributed by atoms with Crippen LogP contribution in [0.15, 0.2) is 48.5 Å². The van der Waals surface area contributed by atoms with Gasteiger partial charge in [-0.3, -0.25) is 9.89 Å². The number of ketones is 1. The standard InChI is InChI=1S/C24H26N6O2/c1-16(31)17-6-10-21(11-7-17)29-12-14-30(15-13-29)24(32)25-20-8-4-19(5-9-20)23-26-22(27-28-23)18-2-3-18/h4-11,18H,2-3,12-15H2,1H3,(H,25,32)(H,26,27,28). The topological polar surface area (TPSA) is 94.2 Å². The number of H-pyrrole nitrogens is 1. The molecule has 8 heteroatoms. The molecule has 0 spiro atoms. The van der Waals surface area contributed by atoms with E-state index in [1.165, 1.54) is 12.8 Å². The summed E-state index contributed by atoms with van der Waals surface area (Å²) in [6, 6.07) is 15.2. The Morgan fingerprint density at radius 2 is 1.66 bits per heavy atom. The van der Waals surface area contributed by atoms with Crippen LogP contribution in [0.4, 0.5) is 16.2 Å². The molecule has 1 aliphatic carbocycles. The summed E-state index contributed by atoms with van der Waals surface area (Å²) in [5.74, 6) is 2.26. The number of nitrogens with one attached hydrogen (secondary N) is 2. The summed E-state index contributed by atoms with van der Waals surface area (Å²) in [7, 11) is 0. The smallest absolute Gasteiger partial charge is 0.321 e. The van der Waals surface area contributed by atoms with Gasteiger partial charge in [0.05, 0.1) is 0 Å². The fourth-order valence-electron chi connectivity index (χ4n) is 3.92. The van der Waals surface area contributed by atoms with Gasteiger partial charge in [-0.05, 0) is 68.3 Å². The van der Waals surface area contributed by atoms with Crippen molar-refractivity contribution in [2.75, 3.05) is 36.4 Å². The van der Waals surface area contributed by atoms with E-state index in [-0.39, 0.29) is 11.8 Å². The third kappa shape index (κ3) is 4.34. The number of urea groups is 1. The van der Waals surface area contributed by atoms with Crippen LogP contribution in [-0.2, 0) is 0 Å². The maximum atomic E-state index is 12.7. The lowest BCUT2D eigenvalue weighted by Gasteiger charge is -2.36. The van der Waals surface area contributed by atoms with Crippen LogP contribution >= 0.6 is 0 Å². The number of benzene rings is 2. The zero-order chi connectivity index (χ0) is 22.1. The van der Waals surface area contributed by atoms with E-state index >= 15 is 0 Å². The average Bonchev–Trinajstić information content (AvgIpc) is 3.56. The maximum absolute atomic E-state index is 12.7. The van der Waals surface area contributed by atoms with Gasteiger partial charge in [-0.15, -0.1) is 0 Å². The van der Waals surface area contributed by atoms with Gasteiger partial charge in [-0.1, -0.05) is 0 Å². The van der Waals surface area contributed by atoms with E-state index < -0.39 is 0 Å². The van der Waals surface area contributed by atoms with E-state index in [9.17, 15) is 9.59 Å². The Morgan fingerprint density at radius 3 is 2.28 bits per heavy atom. The Hall–Kier alpha value is -3.68. The lowest BCUT2D eigenvalue weighted by Crippen LogP contribution is -2.50. The molecule has 2 aromatic carbocycles. The number of amides is 2. The average molecular weight is 431 g/mol. The summed E-state index contributed by atoms with van der Waals surface area (Å²) in [5, 5.41) is 10.3. The number of aromatic amines is 1. The number of anilines is 2. The number of rotatable bonds is 5. The highest BCUT2D eigenvalue weighted by Gasteiger charge is 2.27. The zero-order valence-electron chi connectivity index (χ0n) is 18.0. The number of hydrogen-bond donors (Lipinski definition) is 2. The van der Waals surface area contributed by atoms with E-state index in [1.807, 2.05) is 53.4 Å². The predicted molar refractivity (Wildman–Crippen MR) is 123 cm³/mol. The molecular weight excluding hydrogens is 404 g/mol. The third-order valence-electron chi connectivity index (χ3n) is 6.07. The maximum Gasteiger partial charge on any atom is 0.321 e. The highest BCUT2D eigenvalue weighted by Crippen LogP contribution is 2.38. The van der Waals surface area contributed by atoms with Crippen LogP contribution < -0.4 is 10.2 Å². The molecule has 2 N–H and O–H groups in total. The molecule has 2 aliphatic rings. The first-order valence-electron chi connectivity index (χ1n) is 11.0. The van der Waals surface area contributed by atoms with Gasteiger partial charge in [-0.25, -0.2) is 9.78 Å². The molecule has 32 heavy (non-hydrogen) atoms. The quantitative estimate of drug-likeness (QED) is 0.599. The SMILES string of the molecule is CC(=O)c1ccc(N2CCN(C(=O)Nc3ccc(-c4n[nH]c(C5CC5)n4)cc3)CC2)cc1. The third-order valence-corrected chi connectivity index (χ3v) is 6.07. The van der Waals surface area contributed by atoms with Gasteiger partial charge in [0.1, 0.15) is 5.82 Å². The Balaban J connectivity index is 1.14. The summed E-state index contributed by atoms with van der Waals surface area (Å²) >= 11 is 0. The van der Waals surface area contributed by atoms with E-state index in [4.69, 9.17) is 0 Å². The van der Waals surface area contributed by atoms with Gasteiger partial charge in [0.25, 0.3) is 0 Å². The predicted octanol–water partition coefficient (Wildman–Crippen LogP) is 3.91. The molecular formula is C24H26N6O2. The molecule has 2 fully saturated rings. The summed E-state index contributed by atoms with van der Waals surface area (Å²) in [4.78, 5) is 32.8. The molecule has 0 radical (unpaired) electrons. The monoisotopic (exact) mass is 430 g/mol. The molecule has 3 aromatic rings. The molecule has 0 unspecified atom stereocenters. The van der Waals surface area contributed by atoms with Gasteiger partial charge < -0.3 is 15.1 Å². The van der Waals surface area contributed by atoms with Crippen molar-refractivity contribution in [2.24, 2.45) is 0 Å². The van der Waals surface area contributed by atoms with E-state index in [0.29, 0.717) is 30.4 Å². The van der Waals surface area contributed by atoms with Crippen molar-refractivity contribution in [3.63, 3.8) is 0 Å². The fourth-order valence-corrected chi connectivity index (χ4v) is 3.92. The minimum absolute atomic E-state index is 0.0645.